The summed E-state index contributed by atoms with van der Waals surface area (Å²) in [5.74, 6) is -0.480. The van der Waals surface area contributed by atoms with Crippen LogP contribution in [-0.4, -0.2) is 23.9 Å². The maximum Gasteiger partial charge on any atom is 0.250 e. The Morgan fingerprint density at radius 1 is 1.14 bits per heavy atom. The Bertz CT molecular complexity index is 1020. The minimum Gasteiger partial charge on any atom is -0.367 e. The average molecular weight is 428 g/mol. The van der Waals surface area contributed by atoms with Crippen molar-refractivity contribution in [1.82, 2.24) is 0 Å². The third kappa shape index (κ3) is 3.83. The van der Waals surface area contributed by atoms with Gasteiger partial charge in [-0.1, -0.05) is 60.1 Å². The van der Waals surface area contributed by atoms with Crippen LogP contribution in [0.15, 0.2) is 54.6 Å². The Balaban J connectivity index is 1.57. The lowest BCUT2D eigenvalue weighted by Crippen LogP contribution is -2.28. The summed E-state index contributed by atoms with van der Waals surface area (Å²) < 4.78 is 5.97. The van der Waals surface area contributed by atoms with E-state index in [1.807, 2.05) is 31.2 Å². The summed E-state index contributed by atoms with van der Waals surface area (Å²) in [5, 5.41) is 10.3. The molecule has 0 spiro atoms. The molecule has 1 unspecified atom stereocenters. The van der Waals surface area contributed by atoms with Crippen molar-refractivity contribution in [3.05, 3.63) is 70.1 Å². The van der Waals surface area contributed by atoms with Crippen molar-refractivity contribution in [3.8, 4) is 21.6 Å². The molecular weight excluding hydrogens is 406 g/mol. The van der Waals surface area contributed by atoms with E-state index in [0.717, 1.165) is 40.0 Å². The summed E-state index contributed by atoms with van der Waals surface area (Å²) in [7, 11) is 0. The van der Waals surface area contributed by atoms with Crippen LogP contribution in [0.2, 0.25) is 4.34 Å². The van der Waals surface area contributed by atoms with Crippen LogP contribution in [0.1, 0.15) is 35.7 Å². The molecule has 6 heteroatoms. The van der Waals surface area contributed by atoms with Gasteiger partial charge in [0.05, 0.1) is 9.90 Å². The highest BCUT2D eigenvalue weighted by Gasteiger charge is 2.51. The number of aliphatic hydroxyl groups is 1. The predicted octanol–water partition coefficient (Wildman–Crippen LogP) is 5.22. The van der Waals surface area contributed by atoms with Crippen molar-refractivity contribution in [2.75, 3.05) is 6.61 Å². The molecule has 4 nitrogen and oxygen atoms in total. The van der Waals surface area contributed by atoms with Gasteiger partial charge in [0.25, 0.3) is 0 Å². The highest BCUT2D eigenvalue weighted by Crippen LogP contribution is 2.51. The molecule has 3 N–H and O–H groups in total. The molecule has 150 valence electrons. The van der Waals surface area contributed by atoms with Gasteiger partial charge in [0, 0.05) is 16.9 Å². The van der Waals surface area contributed by atoms with Crippen LogP contribution in [0, 0.1) is 0 Å². The lowest BCUT2D eigenvalue weighted by atomic mass is 9.93. The minimum atomic E-state index is -0.755. The van der Waals surface area contributed by atoms with Gasteiger partial charge in [0.15, 0.2) is 6.29 Å². The van der Waals surface area contributed by atoms with E-state index < -0.39 is 12.2 Å². The molecule has 3 aromatic rings. The number of ether oxygens (including phenoxy) is 1. The summed E-state index contributed by atoms with van der Waals surface area (Å²) in [4.78, 5) is 12.4. The molecule has 1 aliphatic carbocycles. The molecule has 0 saturated heterocycles. The first-order valence-corrected chi connectivity index (χ1v) is 10.7. The molecular formula is C23H22ClNO3S. The van der Waals surface area contributed by atoms with Gasteiger partial charge < -0.3 is 15.6 Å². The minimum absolute atomic E-state index is 0.262. The number of rotatable bonds is 7. The highest BCUT2D eigenvalue weighted by atomic mass is 35.5. The van der Waals surface area contributed by atoms with E-state index in [0.29, 0.717) is 16.5 Å². The number of aliphatic hydroxyl groups excluding tert-OH is 1. The Morgan fingerprint density at radius 3 is 2.21 bits per heavy atom. The van der Waals surface area contributed by atoms with Crippen LogP contribution in [0.4, 0.5) is 0 Å². The Labute approximate surface area is 178 Å². The summed E-state index contributed by atoms with van der Waals surface area (Å²) in [6.07, 6.45) is 1.12. The lowest BCUT2D eigenvalue weighted by Gasteiger charge is -2.22. The lowest BCUT2D eigenvalue weighted by molar-refractivity contribution is -0.119. The Morgan fingerprint density at radius 2 is 1.69 bits per heavy atom. The second-order valence-electron chi connectivity index (χ2n) is 7.28. The zero-order chi connectivity index (χ0) is 20.6. The molecule has 0 radical (unpaired) electrons. The van der Waals surface area contributed by atoms with Gasteiger partial charge in [0.2, 0.25) is 5.91 Å². The predicted molar refractivity (Wildman–Crippen MR) is 117 cm³/mol. The molecule has 0 aliphatic heterocycles. The Kier molecular flexibility index (Phi) is 5.49. The van der Waals surface area contributed by atoms with Crippen LogP contribution >= 0.6 is 22.9 Å². The van der Waals surface area contributed by atoms with Gasteiger partial charge in [-0.3, -0.25) is 4.79 Å². The maximum atomic E-state index is 11.6. The summed E-state index contributed by atoms with van der Waals surface area (Å²) in [6, 6.07) is 17.9. The number of carbonyl (C=O) groups is 1. The number of benzene rings is 2. The average Bonchev–Trinajstić information content (AvgIpc) is 3.44. The van der Waals surface area contributed by atoms with Crippen LogP contribution in [-0.2, 0) is 10.2 Å². The standard InChI is InChI=1S/C23H22ClNO3S/c1-2-28-22(27)23(11-12-23)17-9-7-15(8-10-17)14-3-5-16(6-4-14)20-18(21(25)26)13-19(24)29-20/h3-10,13,22,27H,2,11-12H2,1H3,(H2,25,26). The molecule has 1 aliphatic rings. The van der Waals surface area contributed by atoms with Crippen LogP contribution in [0.5, 0.6) is 0 Å². The normalized spacial score (nSPS) is 15.8. The van der Waals surface area contributed by atoms with E-state index in [9.17, 15) is 9.90 Å². The zero-order valence-corrected chi connectivity index (χ0v) is 17.6. The topological polar surface area (TPSA) is 72.6 Å². The number of hydrogen-bond acceptors (Lipinski definition) is 4. The first-order valence-electron chi connectivity index (χ1n) is 9.55. The van der Waals surface area contributed by atoms with Gasteiger partial charge in [-0.15, -0.1) is 11.3 Å². The van der Waals surface area contributed by atoms with Crippen LogP contribution < -0.4 is 5.73 Å². The third-order valence-corrected chi connectivity index (χ3v) is 6.81. The smallest absolute Gasteiger partial charge is 0.250 e. The molecule has 29 heavy (non-hydrogen) atoms. The number of thiophene rings is 1. The van der Waals surface area contributed by atoms with Gasteiger partial charge in [0.1, 0.15) is 0 Å². The van der Waals surface area contributed by atoms with Gasteiger partial charge in [-0.05, 0) is 48.1 Å². The van der Waals surface area contributed by atoms with E-state index in [1.165, 1.54) is 11.3 Å². The SMILES string of the molecule is CCOC(O)C1(c2ccc(-c3ccc(-c4sc(Cl)cc4C(N)=O)cc3)cc2)CC1. The fourth-order valence-electron chi connectivity index (χ4n) is 3.70. The van der Waals surface area contributed by atoms with Crippen molar-refractivity contribution in [2.45, 2.75) is 31.5 Å². The summed E-state index contributed by atoms with van der Waals surface area (Å²) in [6.45, 7) is 2.39. The molecule has 1 fully saturated rings. The van der Waals surface area contributed by atoms with E-state index in [2.05, 4.69) is 24.3 Å². The largest absolute Gasteiger partial charge is 0.367 e. The van der Waals surface area contributed by atoms with Crippen LogP contribution in [0.3, 0.4) is 0 Å². The molecule has 1 saturated carbocycles. The first-order chi connectivity index (χ1) is 13.9. The summed E-state index contributed by atoms with van der Waals surface area (Å²) in [5.41, 5.74) is 9.82. The molecule has 4 rings (SSSR count). The number of hydrogen-bond donors (Lipinski definition) is 2. The molecule has 1 amide bonds. The van der Waals surface area contributed by atoms with E-state index in [-0.39, 0.29) is 5.41 Å². The van der Waals surface area contributed by atoms with Crippen molar-refractivity contribution >= 4 is 28.8 Å². The second kappa shape index (κ2) is 7.92. The van der Waals surface area contributed by atoms with Gasteiger partial charge in [-0.2, -0.15) is 0 Å². The van der Waals surface area contributed by atoms with E-state index >= 15 is 0 Å². The van der Waals surface area contributed by atoms with Gasteiger partial charge in [-0.25, -0.2) is 0 Å². The molecule has 0 bridgehead atoms. The fraction of sp³-hybridized carbons (Fsp3) is 0.261. The zero-order valence-electron chi connectivity index (χ0n) is 16.0. The summed E-state index contributed by atoms with van der Waals surface area (Å²) >= 11 is 7.41. The van der Waals surface area contributed by atoms with Gasteiger partial charge >= 0.3 is 0 Å². The molecule has 2 aromatic carbocycles. The highest BCUT2D eigenvalue weighted by molar-refractivity contribution is 7.19. The van der Waals surface area contributed by atoms with E-state index in [4.69, 9.17) is 22.1 Å². The van der Waals surface area contributed by atoms with Crippen LogP contribution in [0.25, 0.3) is 21.6 Å². The number of amides is 1. The van der Waals surface area contributed by atoms with Crippen molar-refractivity contribution < 1.29 is 14.6 Å². The maximum absolute atomic E-state index is 11.6. The quantitative estimate of drug-likeness (QED) is 0.507. The number of halogens is 1. The molecule has 1 aromatic heterocycles. The Hall–Kier alpha value is -2.18. The fourth-order valence-corrected chi connectivity index (χ4v) is 4.93. The van der Waals surface area contributed by atoms with Crippen molar-refractivity contribution in [1.29, 1.82) is 0 Å². The number of primary amides is 1. The monoisotopic (exact) mass is 427 g/mol. The molecule has 1 heterocycles. The molecule has 1 atom stereocenters. The van der Waals surface area contributed by atoms with Crippen molar-refractivity contribution in [3.63, 3.8) is 0 Å². The second-order valence-corrected chi connectivity index (χ2v) is 8.96. The van der Waals surface area contributed by atoms with E-state index in [1.54, 1.807) is 6.07 Å². The number of nitrogens with two attached hydrogens (primary N) is 1. The number of carbonyl (C=O) groups excluding carboxylic acids is 1. The first kappa shape index (κ1) is 20.1. The third-order valence-electron chi connectivity index (χ3n) is 5.49. The van der Waals surface area contributed by atoms with Crippen molar-refractivity contribution in [2.24, 2.45) is 5.73 Å².